The molecule has 6 heteroatoms. The van der Waals surface area contributed by atoms with Crippen molar-refractivity contribution >= 4 is 22.4 Å². The number of anilines is 1. The summed E-state index contributed by atoms with van der Waals surface area (Å²) in [5.74, 6) is 0.751. The molecule has 0 saturated heterocycles. The van der Waals surface area contributed by atoms with Crippen LogP contribution in [0, 0.1) is 0 Å². The van der Waals surface area contributed by atoms with Crippen LogP contribution in [0.2, 0.25) is 0 Å². The Hall–Kier alpha value is -2.47. The molecule has 0 radical (unpaired) electrons. The number of nitrogens with one attached hydrogen (secondary N) is 1. The van der Waals surface area contributed by atoms with Gasteiger partial charge >= 0.3 is 0 Å². The molecule has 5 nitrogen and oxygen atoms in total. The van der Waals surface area contributed by atoms with Gasteiger partial charge in [0.25, 0.3) is 0 Å². The normalized spacial score (nSPS) is 11.5. The number of aromatic nitrogens is 3. The zero-order valence-electron chi connectivity index (χ0n) is 14.0. The van der Waals surface area contributed by atoms with Crippen molar-refractivity contribution in [3.05, 3.63) is 53.7 Å². The van der Waals surface area contributed by atoms with Gasteiger partial charge in [0, 0.05) is 31.2 Å². The van der Waals surface area contributed by atoms with Gasteiger partial charge < -0.3 is 9.88 Å². The van der Waals surface area contributed by atoms with Crippen LogP contribution in [-0.2, 0) is 17.3 Å². The number of thiazole rings is 1. The van der Waals surface area contributed by atoms with Crippen LogP contribution in [0.25, 0.3) is 11.5 Å². The number of hydrogen-bond donors (Lipinski definition) is 1. The maximum atomic E-state index is 12.4. The van der Waals surface area contributed by atoms with Crippen molar-refractivity contribution in [3.8, 4) is 11.5 Å². The van der Waals surface area contributed by atoms with Crippen LogP contribution >= 0.6 is 11.3 Å². The number of carbonyl (C=O) groups excluding carboxylic acids is 1. The molecule has 0 saturated carbocycles. The molecule has 0 aliphatic carbocycles. The molecule has 1 N–H and O–H groups in total. The molecule has 3 aromatic rings. The van der Waals surface area contributed by atoms with Gasteiger partial charge in [0.05, 0.1) is 0 Å². The van der Waals surface area contributed by atoms with E-state index in [1.807, 2.05) is 41.4 Å². The van der Waals surface area contributed by atoms with E-state index < -0.39 is 0 Å². The molecule has 0 spiro atoms. The summed E-state index contributed by atoms with van der Waals surface area (Å²) in [4.78, 5) is 21.1. The Bertz CT molecular complexity index is 836. The van der Waals surface area contributed by atoms with Crippen molar-refractivity contribution in [2.45, 2.75) is 25.7 Å². The highest BCUT2D eigenvalue weighted by molar-refractivity contribution is 7.14. The summed E-state index contributed by atoms with van der Waals surface area (Å²) in [5, 5.41) is 5.40. The first-order valence-electron chi connectivity index (χ1n) is 7.74. The lowest BCUT2D eigenvalue weighted by molar-refractivity contribution is -0.117. The van der Waals surface area contributed by atoms with E-state index in [0.717, 1.165) is 17.1 Å². The van der Waals surface area contributed by atoms with Crippen molar-refractivity contribution in [3.63, 3.8) is 0 Å². The minimum Gasteiger partial charge on any atom is -0.333 e. The van der Waals surface area contributed by atoms with E-state index >= 15 is 0 Å². The second-order valence-corrected chi connectivity index (χ2v) is 7.23. The molecule has 0 fully saturated rings. The molecule has 0 atom stereocenters. The Kier molecular flexibility index (Phi) is 4.49. The first-order valence-corrected chi connectivity index (χ1v) is 8.62. The molecule has 1 aromatic carbocycles. The number of rotatable bonds is 5. The van der Waals surface area contributed by atoms with Crippen molar-refractivity contribution in [2.75, 3.05) is 5.32 Å². The van der Waals surface area contributed by atoms with E-state index in [1.54, 1.807) is 6.20 Å². The second kappa shape index (κ2) is 6.57. The van der Waals surface area contributed by atoms with Gasteiger partial charge in [-0.05, 0) is 11.0 Å². The average Bonchev–Trinajstić information content (AvgIpc) is 3.16. The van der Waals surface area contributed by atoms with Gasteiger partial charge in [0.15, 0.2) is 11.0 Å². The maximum Gasteiger partial charge on any atom is 0.227 e. The van der Waals surface area contributed by atoms with E-state index in [1.165, 1.54) is 11.3 Å². The molecule has 2 aromatic heterocycles. The zero-order valence-corrected chi connectivity index (χ0v) is 14.8. The number of nitrogens with zero attached hydrogens (tertiary/aromatic N) is 3. The monoisotopic (exact) mass is 340 g/mol. The lowest BCUT2D eigenvalue weighted by Gasteiger charge is -2.24. The summed E-state index contributed by atoms with van der Waals surface area (Å²) in [6.45, 7) is 4.15. The molecule has 0 aliphatic rings. The van der Waals surface area contributed by atoms with Crippen LogP contribution in [0.3, 0.4) is 0 Å². The minimum absolute atomic E-state index is 0.0374. The Labute approximate surface area is 145 Å². The van der Waals surface area contributed by atoms with Gasteiger partial charge in [-0.15, -0.1) is 11.3 Å². The molecule has 24 heavy (non-hydrogen) atoms. The fraction of sp³-hybridized carbons (Fsp3) is 0.278. The topological polar surface area (TPSA) is 59.8 Å². The van der Waals surface area contributed by atoms with E-state index in [9.17, 15) is 4.79 Å². The third kappa shape index (κ3) is 3.54. The predicted molar refractivity (Wildman–Crippen MR) is 97.0 cm³/mol. The van der Waals surface area contributed by atoms with E-state index in [-0.39, 0.29) is 11.3 Å². The highest BCUT2D eigenvalue weighted by atomic mass is 32.1. The summed E-state index contributed by atoms with van der Waals surface area (Å²) >= 11 is 1.41. The van der Waals surface area contributed by atoms with Gasteiger partial charge in [0.2, 0.25) is 5.91 Å². The van der Waals surface area contributed by atoms with Crippen molar-refractivity contribution in [1.82, 2.24) is 14.5 Å². The molecular weight excluding hydrogens is 320 g/mol. The maximum absolute atomic E-state index is 12.4. The van der Waals surface area contributed by atoms with Gasteiger partial charge in [-0.2, -0.15) is 0 Å². The van der Waals surface area contributed by atoms with Gasteiger partial charge in [-0.25, -0.2) is 9.97 Å². The smallest absolute Gasteiger partial charge is 0.227 e. The fourth-order valence-electron chi connectivity index (χ4n) is 2.60. The standard InChI is InChI=1S/C18H20N4OS/c1-18(2,13-7-5-4-6-8-13)11-15(23)21-17-20-14(12-24-17)16-19-9-10-22(16)3/h4-10,12H,11H2,1-3H3,(H,20,21,23). The lowest BCUT2D eigenvalue weighted by atomic mass is 9.81. The number of imidazole rings is 1. The zero-order chi connectivity index (χ0) is 17.2. The second-order valence-electron chi connectivity index (χ2n) is 6.37. The molecule has 0 aliphatic heterocycles. The summed E-state index contributed by atoms with van der Waals surface area (Å²) in [6.07, 6.45) is 4.00. The fourth-order valence-corrected chi connectivity index (χ4v) is 3.31. The van der Waals surface area contributed by atoms with Crippen molar-refractivity contribution in [2.24, 2.45) is 7.05 Å². The first-order chi connectivity index (χ1) is 11.5. The first kappa shape index (κ1) is 16.4. The van der Waals surface area contributed by atoms with E-state index in [0.29, 0.717) is 11.6 Å². The quantitative estimate of drug-likeness (QED) is 0.767. The lowest BCUT2D eigenvalue weighted by Crippen LogP contribution is -2.25. The third-order valence-electron chi connectivity index (χ3n) is 3.96. The highest BCUT2D eigenvalue weighted by Gasteiger charge is 2.24. The van der Waals surface area contributed by atoms with E-state index in [2.05, 4.69) is 41.3 Å². The predicted octanol–water partition coefficient (Wildman–Crippen LogP) is 3.85. The number of carbonyl (C=O) groups is 1. The Balaban J connectivity index is 1.67. The highest BCUT2D eigenvalue weighted by Crippen LogP contribution is 2.28. The molecule has 1 amide bonds. The van der Waals surface area contributed by atoms with Crippen LogP contribution < -0.4 is 5.32 Å². The van der Waals surface area contributed by atoms with Crippen LogP contribution in [0.15, 0.2) is 48.1 Å². The summed E-state index contributed by atoms with van der Waals surface area (Å²) in [5.41, 5.74) is 1.68. The Morgan fingerprint density at radius 3 is 2.71 bits per heavy atom. The molecule has 2 heterocycles. The number of hydrogen-bond acceptors (Lipinski definition) is 4. The van der Waals surface area contributed by atoms with Crippen LogP contribution in [-0.4, -0.2) is 20.4 Å². The molecule has 124 valence electrons. The Morgan fingerprint density at radius 1 is 1.29 bits per heavy atom. The van der Waals surface area contributed by atoms with Crippen LogP contribution in [0.1, 0.15) is 25.8 Å². The van der Waals surface area contributed by atoms with E-state index in [4.69, 9.17) is 0 Å². The number of amides is 1. The molecular formula is C18H20N4OS. The Morgan fingerprint density at radius 2 is 2.04 bits per heavy atom. The SMILES string of the molecule is Cn1ccnc1-c1csc(NC(=O)CC(C)(C)c2ccccc2)n1. The van der Waals surface area contributed by atoms with Crippen LogP contribution in [0.5, 0.6) is 0 Å². The average molecular weight is 340 g/mol. The molecule has 0 bridgehead atoms. The number of aryl methyl sites for hydroxylation is 1. The third-order valence-corrected chi connectivity index (χ3v) is 4.72. The largest absolute Gasteiger partial charge is 0.333 e. The van der Waals surface area contributed by atoms with Crippen molar-refractivity contribution < 1.29 is 4.79 Å². The minimum atomic E-state index is -0.231. The number of benzene rings is 1. The van der Waals surface area contributed by atoms with Crippen LogP contribution in [0.4, 0.5) is 5.13 Å². The molecule has 3 rings (SSSR count). The molecule has 0 unspecified atom stereocenters. The summed E-state index contributed by atoms with van der Waals surface area (Å²) in [7, 11) is 1.92. The van der Waals surface area contributed by atoms with Gasteiger partial charge in [-0.3, -0.25) is 4.79 Å². The van der Waals surface area contributed by atoms with Gasteiger partial charge in [0.1, 0.15) is 5.69 Å². The summed E-state index contributed by atoms with van der Waals surface area (Å²) in [6, 6.07) is 10.1. The van der Waals surface area contributed by atoms with Gasteiger partial charge in [-0.1, -0.05) is 44.2 Å². The summed E-state index contributed by atoms with van der Waals surface area (Å²) < 4.78 is 1.90. The van der Waals surface area contributed by atoms with Crippen molar-refractivity contribution in [1.29, 1.82) is 0 Å².